The summed E-state index contributed by atoms with van der Waals surface area (Å²) in [4.78, 5) is 20.2. The van der Waals surface area contributed by atoms with Crippen LogP contribution in [0.4, 0.5) is 5.82 Å². The van der Waals surface area contributed by atoms with Crippen molar-refractivity contribution in [2.24, 2.45) is 0 Å². The zero-order valence-corrected chi connectivity index (χ0v) is 15.9. The Balaban J connectivity index is 1.63. The number of imidazole rings is 1. The predicted octanol–water partition coefficient (Wildman–Crippen LogP) is 4.74. The molecule has 3 heterocycles. The molecule has 1 aliphatic heterocycles. The van der Waals surface area contributed by atoms with E-state index in [1.54, 1.807) is 0 Å². The first-order chi connectivity index (χ1) is 13.3. The minimum absolute atomic E-state index is 0.258. The number of nitrogens with one attached hydrogen (secondary N) is 1. The summed E-state index contributed by atoms with van der Waals surface area (Å²) in [6.07, 6.45) is 10.5. The number of hydrogen-bond donors (Lipinski definition) is 1. The molecule has 2 aliphatic rings. The molecule has 1 aliphatic carbocycles. The van der Waals surface area contributed by atoms with E-state index < -0.39 is 0 Å². The van der Waals surface area contributed by atoms with Crippen LogP contribution in [-0.2, 0) is 12.8 Å². The fourth-order valence-electron chi connectivity index (χ4n) is 4.33. The molecule has 0 amide bonds. The second kappa shape index (κ2) is 6.97. The summed E-state index contributed by atoms with van der Waals surface area (Å²) in [6, 6.07) is 8.09. The van der Waals surface area contributed by atoms with E-state index in [0.717, 1.165) is 55.3 Å². The number of H-pyrrole nitrogens is 1. The highest BCUT2D eigenvalue weighted by Gasteiger charge is 2.32. The molecule has 1 N–H and O–H groups in total. The topological polar surface area (TPSA) is 57.7 Å². The van der Waals surface area contributed by atoms with Crippen molar-refractivity contribution in [1.82, 2.24) is 19.9 Å². The Hall–Kier alpha value is -2.40. The molecule has 27 heavy (non-hydrogen) atoms. The van der Waals surface area contributed by atoms with Gasteiger partial charge in [-0.25, -0.2) is 15.0 Å². The van der Waals surface area contributed by atoms with E-state index in [4.69, 9.17) is 21.6 Å². The van der Waals surface area contributed by atoms with E-state index >= 15 is 0 Å². The lowest BCUT2D eigenvalue weighted by molar-refractivity contribution is 0.637. The summed E-state index contributed by atoms with van der Waals surface area (Å²) in [6.45, 7) is 1.00. The monoisotopic (exact) mass is 379 g/mol. The first-order valence-electron chi connectivity index (χ1n) is 9.71. The number of anilines is 1. The first kappa shape index (κ1) is 16.8. The maximum atomic E-state index is 6.22. The molecule has 3 aromatic rings. The summed E-state index contributed by atoms with van der Waals surface area (Å²) >= 11 is 6.22. The lowest BCUT2D eigenvalue weighted by atomic mass is 9.95. The van der Waals surface area contributed by atoms with Crippen molar-refractivity contribution in [2.75, 3.05) is 11.4 Å². The summed E-state index contributed by atoms with van der Waals surface area (Å²) in [5, 5.41) is 0.713. The molecule has 1 saturated heterocycles. The van der Waals surface area contributed by atoms with E-state index in [0.29, 0.717) is 5.02 Å². The Morgan fingerprint density at radius 3 is 2.89 bits per heavy atom. The quantitative estimate of drug-likeness (QED) is 0.714. The van der Waals surface area contributed by atoms with E-state index in [-0.39, 0.29) is 6.04 Å². The van der Waals surface area contributed by atoms with Crippen molar-refractivity contribution >= 4 is 17.4 Å². The zero-order valence-electron chi connectivity index (χ0n) is 15.2. The molecule has 1 aromatic carbocycles. The smallest absolute Gasteiger partial charge is 0.161 e. The molecule has 1 fully saturated rings. The third-order valence-corrected chi connectivity index (χ3v) is 5.84. The van der Waals surface area contributed by atoms with Gasteiger partial charge in [0.1, 0.15) is 11.6 Å². The summed E-state index contributed by atoms with van der Waals surface area (Å²) in [7, 11) is 0. The number of benzene rings is 1. The summed E-state index contributed by atoms with van der Waals surface area (Å²) in [5.41, 5.74) is 3.50. The first-order valence-corrected chi connectivity index (χ1v) is 10.1. The summed E-state index contributed by atoms with van der Waals surface area (Å²) in [5.74, 6) is 2.90. The van der Waals surface area contributed by atoms with Gasteiger partial charge in [0.2, 0.25) is 0 Å². The maximum absolute atomic E-state index is 6.22. The molecular weight excluding hydrogens is 358 g/mol. The molecule has 6 heteroatoms. The number of aromatic nitrogens is 4. The Morgan fingerprint density at radius 2 is 2.04 bits per heavy atom. The number of fused-ring (bicyclic) bond motifs is 1. The van der Waals surface area contributed by atoms with Crippen molar-refractivity contribution in [1.29, 1.82) is 0 Å². The van der Waals surface area contributed by atoms with Crippen molar-refractivity contribution in [3.8, 4) is 11.4 Å². The Morgan fingerprint density at radius 1 is 1.11 bits per heavy atom. The lowest BCUT2D eigenvalue weighted by Gasteiger charge is -2.29. The zero-order chi connectivity index (χ0) is 18.2. The van der Waals surface area contributed by atoms with Crippen LogP contribution in [0.15, 0.2) is 36.7 Å². The van der Waals surface area contributed by atoms with Crippen LogP contribution in [0.3, 0.4) is 0 Å². The molecular formula is C21H22ClN5. The van der Waals surface area contributed by atoms with Crippen LogP contribution in [0.1, 0.15) is 48.8 Å². The molecule has 2 aromatic heterocycles. The Labute approximate surface area is 163 Å². The number of hydrogen-bond acceptors (Lipinski definition) is 4. The Kier molecular flexibility index (Phi) is 4.32. The fourth-order valence-corrected chi connectivity index (χ4v) is 4.52. The molecule has 0 saturated carbocycles. The van der Waals surface area contributed by atoms with Crippen LogP contribution in [0, 0.1) is 0 Å². The Bertz CT molecular complexity index is 953. The molecule has 1 atom stereocenters. The minimum atomic E-state index is 0.258. The maximum Gasteiger partial charge on any atom is 0.161 e. The normalized spacial score (nSPS) is 19.3. The third-order valence-electron chi connectivity index (χ3n) is 5.60. The van der Waals surface area contributed by atoms with Crippen molar-refractivity contribution in [3.05, 3.63) is 58.8 Å². The lowest BCUT2D eigenvalue weighted by Crippen LogP contribution is -2.27. The third kappa shape index (κ3) is 3.10. The van der Waals surface area contributed by atoms with Gasteiger partial charge >= 0.3 is 0 Å². The van der Waals surface area contributed by atoms with Gasteiger partial charge in [-0.05, 0) is 50.7 Å². The predicted molar refractivity (Wildman–Crippen MR) is 107 cm³/mol. The van der Waals surface area contributed by atoms with E-state index in [1.807, 2.05) is 36.7 Å². The molecule has 0 bridgehead atoms. The van der Waals surface area contributed by atoms with Gasteiger partial charge < -0.3 is 9.88 Å². The number of nitrogens with zero attached hydrogens (tertiary/aromatic N) is 4. The number of aryl methyl sites for hydroxylation is 1. The van der Waals surface area contributed by atoms with Gasteiger partial charge in [-0.15, -0.1) is 0 Å². The van der Waals surface area contributed by atoms with Crippen LogP contribution in [0.5, 0.6) is 0 Å². The van der Waals surface area contributed by atoms with Gasteiger partial charge in [-0.1, -0.05) is 23.7 Å². The molecule has 1 unspecified atom stereocenters. The molecule has 138 valence electrons. The number of aromatic amines is 1. The van der Waals surface area contributed by atoms with Crippen LogP contribution in [0.2, 0.25) is 5.02 Å². The van der Waals surface area contributed by atoms with Gasteiger partial charge in [0.25, 0.3) is 0 Å². The van der Waals surface area contributed by atoms with Gasteiger partial charge in [0, 0.05) is 40.8 Å². The van der Waals surface area contributed by atoms with E-state index in [2.05, 4.69) is 14.9 Å². The molecule has 5 nitrogen and oxygen atoms in total. The average molecular weight is 380 g/mol. The second-order valence-corrected chi connectivity index (χ2v) is 7.78. The largest absolute Gasteiger partial charge is 0.347 e. The number of halogens is 1. The van der Waals surface area contributed by atoms with Crippen LogP contribution >= 0.6 is 11.6 Å². The van der Waals surface area contributed by atoms with Crippen LogP contribution in [0.25, 0.3) is 11.4 Å². The van der Waals surface area contributed by atoms with E-state index in [1.165, 1.54) is 24.1 Å². The number of rotatable bonds is 3. The van der Waals surface area contributed by atoms with Gasteiger partial charge in [0.15, 0.2) is 5.82 Å². The van der Waals surface area contributed by atoms with Crippen molar-refractivity contribution in [3.63, 3.8) is 0 Å². The minimum Gasteiger partial charge on any atom is -0.347 e. The summed E-state index contributed by atoms with van der Waals surface area (Å²) < 4.78 is 0. The van der Waals surface area contributed by atoms with Gasteiger partial charge in [0.05, 0.1) is 6.04 Å². The second-order valence-electron chi connectivity index (χ2n) is 7.34. The highest BCUT2D eigenvalue weighted by atomic mass is 35.5. The average Bonchev–Trinajstić information content (AvgIpc) is 3.38. The molecule has 0 spiro atoms. The highest BCUT2D eigenvalue weighted by Crippen LogP contribution is 2.39. The fraction of sp³-hybridized carbons (Fsp3) is 0.381. The van der Waals surface area contributed by atoms with E-state index in [9.17, 15) is 0 Å². The van der Waals surface area contributed by atoms with Gasteiger partial charge in [-0.2, -0.15) is 0 Å². The molecule has 0 radical (unpaired) electrons. The molecule has 5 rings (SSSR count). The van der Waals surface area contributed by atoms with Crippen LogP contribution in [-0.4, -0.2) is 26.5 Å². The van der Waals surface area contributed by atoms with Crippen molar-refractivity contribution in [2.45, 2.75) is 44.6 Å². The van der Waals surface area contributed by atoms with Crippen molar-refractivity contribution < 1.29 is 0 Å². The highest BCUT2D eigenvalue weighted by molar-refractivity contribution is 6.30. The van der Waals surface area contributed by atoms with Gasteiger partial charge in [-0.3, -0.25) is 0 Å². The van der Waals surface area contributed by atoms with Crippen LogP contribution < -0.4 is 4.90 Å². The SMILES string of the molecule is Clc1cccc(-c2nc3c(c(N4CCCC4c4ncc[nH]4)n2)CCCC3)c1. The standard InChI is InChI=1S/C21H22ClN5/c22-15-6-3-5-14(13-15)19-25-17-8-2-1-7-16(17)21(26-19)27-12-4-9-18(27)20-23-10-11-24-20/h3,5-6,10-11,13,18H,1-2,4,7-9,12H2,(H,23,24).